The van der Waals surface area contributed by atoms with Crippen LogP contribution in [0.15, 0.2) is 41.4 Å². The first-order valence-electron chi connectivity index (χ1n) is 11.2. The van der Waals surface area contributed by atoms with Crippen LogP contribution in [-0.2, 0) is 45.5 Å². The molecule has 0 saturated heterocycles. The molecule has 178 valence electrons. The highest BCUT2D eigenvalue weighted by Gasteiger charge is 2.25. The van der Waals surface area contributed by atoms with Gasteiger partial charge in [0, 0.05) is 19.0 Å². The van der Waals surface area contributed by atoms with Crippen LogP contribution in [0.5, 0.6) is 5.88 Å². The van der Waals surface area contributed by atoms with Crippen LogP contribution in [0.1, 0.15) is 28.7 Å². The number of ether oxygens (including phenoxy) is 2. The van der Waals surface area contributed by atoms with Crippen LogP contribution >= 0.6 is 9.24 Å². The maximum atomic E-state index is 12.7. The molecule has 0 aliphatic carbocycles. The van der Waals surface area contributed by atoms with Gasteiger partial charge in [0.05, 0.1) is 26.2 Å². The fraction of sp³-hybridized carbons (Fsp3) is 0.333. The summed E-state index contributed by atoms with van der Waals surface area (Å²) in [6, 6.07) is 11.8. The van der Waals surface area contributed by atoms with E-state index in [2.05, 4.69) is 37.3 Å². The van der Waals surface area contributed by atoms with Crippen LogP contribution in [0.25, 0.3) is 11.1 Å². The highest BCUT2D eigenvalue weighted by Crippen LogP contribution is 2.27. The molecule has 2 aliphatic rings. The number of carbonyl (C=O) groups is 1. The smallest absolute Gasteiger partial charge is 0.283 e. The lowest BCUT2D eigenvalue weighted by Crippen LogP contribution is -2.33. The van der Waals surface area contributed by atoms with E-state index in [-0.39, 0.29) is 11.4 Å². The summed E-state index contributed by atoms with van der Waals surface area (Å²) in [5.74, 6) is -0.219. The first kappa shape index (κ1) is 23.0. The van der Waals surface area contributed by atoms with Gasteiger partial charge in [0.15, 0.2) is 0 Å². The van der Waals surface area contributed by atoms with E-state index in [1.54, 1.807) is 0 Å². The van der Waals surface area contributed by atoms with Crippen molar-refractivity contribution in [2.75, 3.05) is 13.2 Å². The number of fused-ring (bicyclic) bond motifs is 2. The normalized spacial score (nSPS) is 15.2. The zero-order valence-corrected chi connectivity index (χ0v) is 20.8. The van der Waals surface area contributed by atoms with Crippen LogP contribution in [0.3, 0.4) is 0 Å². The summed E-state index contributed by atoms with van der Waals surface area (Å²) in [7, 11) is -1.42. The number of aromatic nitrogens is 2. The Bertz CT molecular complexity index is 1340. The van der Waals surface area contributed by atoms with Crippen molar-refractivity contribution in [1.29, 1.82) is 0 Å². The Kier molecular flexibility index (Phi) is 6.18. The third-order valence-electron chi connectivity index (χ3n) is 6.17. The topological polar surface area (TPSA) is 99.5 Å². The second kappa shape index (κ2) is 9.13. The predicted octanol–water partition coefficient (Wildman–Crippen LogP) is 2.26. The Morgan fingerprint density at radius 1 is 1.15 bits per heavy atom. The Labute approximate surface area is 200 Å². The molecular formula is C24H26N3O5PS. The zero-order chi connectivity index (χ0) is 23.9. The number of carbonyl (C=O) groups excluding carboxylic acids is 1. The number of rotatable bonds is 5. The summed E-state index contributed by atoms with van der Waals surface area (Å²) in [6.45, 7) is 4.40. The third-order valence-corrected chi connectivity index (χ3v) is 7.93. The summed E-state index contributed by atoms with van der Waals surface area (Å²) in [4.78, 5) is 12.7. The lowest BCUT2D eigenvalue weighted by Gasteiger charge is -2.18. The lowest BCUT2D eigenvalue weighted by molar-refractivity contribution is -0.118. The molecule has 10 heteroatoms. The molecule has 34 heavy (non-hydrogen) atoms. The van der Waals surface area contributed by atoms with E-state index in [9.17, 15) is 13.2 Å². The zero-order valence-electron chi connectivity index (χ0n) is 18.8. The molecular weight excluding hydrogens is 473 g/mol. The number of hydrogen-bond donors (Lipinski definition) is 1. The summed E-state index contributed by atoms with van der Waals surface area (Å²) in [5.41, 5.74) is 6.33. The van der Waals surface area contributed by atoms with E-state index in [0.29, 0.717) is 25.6 Å². The monoisotopic (exact) mass is 499 g/mol. The second-order valence-electron chi connectivity index (χ2n) is 8.60. The Morgan fingerprint density at radius 2 is 2.00 bits per heavy atom. The van der Waals surface area contributed by atoms with Crippen LogP contribution in [0.4, 0.5) is 0 Å². The van der Waals surface area contributed by atoms with Crippen molar-refractivity contribution < 1.29 is 22.7 Å². The molecule has 2 aliphatic heterocycles. The van der Waals surface area contributed by atoms with Crippen molar-refractivity contribution in [2.24, 2.45) is 0 Å². The Morgan fingerprint density at radius 3 is 2.79 bits per heavy atom. The van der Waals surface area contributed by atoms with Gasteiger partial charge in [-0.15, -0.1) is 9.24 Å². The van der Waals surface area contributed by atoms with Gasteiger partial charge in [-0.05, 0) is 64.2 Å². The van der Waals surface area contributed by atoms with Gasteiger partial charge < -0.3 is 9.47 Å². The van der Waals surface area contributed by atoms with Crippen molar-refractivity contribution in [1.82, 2.24) is 14.5 Å². The number of aryl methyl sites for hydroxylation is 2. The molecule has 0 saturated carbocycles. The van der Waals surface area contributed by atoms with Gasteiger partial charge in [-0.2, -0.15) is 13.5 Å². The van der Waals surface area contributed by atoms with Gasteiger partial charge in [-0.1, -0.05) is 18.2 Å². The lowest BCUT2D eigenvalue weighted by atomic mass is 9.94. The van der Waals surface area contributed by atoms with Gasteiger partial charge in [0.2, 0.25) is 16.8 Å². The average molecular weight is 500 g/mol. The average Bonchev–Trinajstić information content (AvgIpc) is 3.26. The molecule has 3 heterocycles. The molecule has 1 aromatic heterocycles. The molecule has 0 fully saturated rings. The maximum absolute atomic E-state index is 12.7. The predicted molar refractivity (Wildman–Crippen MR) is 131 cm³/mol. The molecule has 2 aromatic carbocycles. The SMILES string of the molecule is Cc1cc(-c2ccc3c(c2)COCC3)cc(P)c1CC(=O)NS(=O)(=O)c1cc2n(n1)CCCO2. The van der Waals surface area contributed by atoms with Crippen molar-refractivity contribution in [3.05, 3.63) is 58.7 Å². The molecule has 1 amide bonds. The van der Waals surface area contributed by atoms with Crippen LogP contribution < -0.4 is 14.8 Å². The molecule has 1 unspecified atom stereocenters. The second-order valence-corrected chi connectivity index (χ2v) is 10.8. The number of nitrogens with one attached hydrogen (secondary N) is 1. The van der Waals surface area contributed by atoms with Crippen molar-refractivity contribution in [2.45, 2.75) is 44.4 Å². The van der Waals surface area contributed by atoms with Crippen LogP contribution in [-0.4, -0.2) is 37.3 Å². The Balaban J connectivity index is 1.33. The standard InChI is InChI=1S/C24H26N3O5PS/c1-15-9-18(17-4-3-16-5-8-31-14-19(16)10-17)11-21(33)20(15)12-22(28)26-34(29,30)23-13-24-27(25-23)6-2-7-32-24/h3-4,9-11,13H,2,5-8,12,14,33H2,1H3,(H,26,28). The fourth-order valence-corrected chi connectivity index (χ4v) is 5.82. The minimum atomic E-state index is -4.09. The molecule has 1 atom stereocenters. The summed E-state index contributed by atoms with van der Waals surface area (Å²) in [6.07, 6.45) is 1.62. The number of benzene rings is 2. The molecule has 0 spiro atoms. The summed E-state index contributed by atoms with van der Waals surface area (Å²) < 4.78 is 40.0. The first-order valence-corrected chi connectivity index (χ1v) is 13.2. The maximum Gasteiger partial charge on any atom is 0.283 e. The van der Waals surface area contributed by atoms with E-state index in [1.807, 2.05) is 19.1 Å². The van der Waals surface area contributed by atoms with E-state index in [1.165, 1.54) is 21.9 Å². The van der Waals surface area contributed by atoms with Crippen LogP contribution in [0.2, 0.25) is 0 Å². The van der Waals surface area contributed by atoms with E-state index >= 15 is 0 Å². The van der Waals surface area contributed by atoms with Gasteiger partial charge in [-0.3, -0.25) is 4.79 Å². The van der Waals surface area contributed by atoms with E-state index < -0.39 is 15.9 Å². The first-order chi connectivity index (χ1) is 16.3. The molecule has 3 aromatic rings. The third kappa shape index (κ3) is 4.60. The van der Waals surface area contributed by atoms with Crippen molar-refractivity contribution in [3.63, 3.8) is 0 Å². The molecule has 0 radical (unpaired) electrons. The minimum Gasteiger partial charge on any atom is -0.478 e. The number of nitrogens with zero attached hydrogens (tertiary/aromatic N) is 2. The van der Waals surface area contributed by atoms with Gasteiger partial charge in [0.25, 0.3) is 10.0 Å². The Hall–Kier alpha value is -2.74. The number of amides is 1. The summed E-state index contributed by atoms with van der Waals surface area (Å²) in [5, 5.41) is 4.70. The highest BCUT2D eigenvalue weighted by atomic mass is 32.2. The molecule has 0 bridgehead atoms. The molecule has 5 rings (SSSR count). The molecule has 1 N–H and O–H groups in total. The van der Waals surface area contributed by atoms with Crippen molar-refractivity contribution in [3.8, 4) is 17.0 Å². The van der Waals surface area contributed by atoms with Gasteiger partial charge in [0.1, 0.15) is 0 Å². The summed E-state index contributed by atoms with van der Waals surface area (Å²) >= 11 is 0. The van der Waals surface area contributed by atoms with E-state index in [0.717, 1.165) is 47.0 Å². The van der Waals surface area contributed by atoms with E-state index in [4.69, 9.17) is 9.47 Å². The largest absolute Gasteiger partial charge is 0.478 e. The molecule has 8 nitrogen and oxygen atoms in total. The van der Waals surface area contributed by atoms with Crippen LogP contribution in [0, 0.1) is 6.92 Å². The highest BCUT2D eigenvalue weighted by molar-refractivity contribution is 7.90. The quantitative estimate of drug-likeness (QED) is 0.541. The van der Waals surface area contributed by atoms with Crippen molar-refractivity contribution >= 4 is 30.5 Å². The number of hydrogen-bond acceptors (Lipinski definition) is 6. The van der Waals surface area contributed by atoms with Gasteiger partial charge in [-0.25, -0.2) is 9.40 Å². The fourth-order valence-electron chi connectivity index (χ4n) is 4.38. The number of sulfonamides is 1. The minimum absolute atomic E-state index is 0.0632. The van der Waals surface area contributed by atoms with Gasteiger partial charge >= 0.3 is 0 Å².